The highest BCUT2D eigenvalue weighted by Crippen LogP contribution is 2.23. The van der Waals surface area contributed by atoms with Crippen molar-refractivity contribution in [3.63, 3.8) is 0 Å². The molecule has 8 heteroatoms. The van der Waals surface area contributed by atoms with Crippen LogP contribution < -0.4 is 10.6 Å². The normalized spacial score (nSPS) is 15.3. The van der Waals surface area contributed by atoms with Crippen molar-refractivity contribution >= 4 is 30.0 Å². The van der Waals surface area contributed by atoms with Crippen LogP contribution in [0.15, 0.2) is 24.3 Å². The van der Waals surface area contributed by atoms with Gasteiger partial charge in [0, 0.05) is 37.2 Å². The minimum absolute atomic E-state index is 0. The Bertz CT molecular complexity index is 810. The maximum Gasteiger partial charge on any atom is 0.338 e. The van der Waals surface area contributed by atoms with E-state index in [9.17, 15) is 9.59 Å². The van der Waals surface area contributed by atoms with E-state index in [4.69, 9.17) is 4.74 Å². The number of esters is 1. The standard InChI is InChI=1S/C18H20N4O3.ClH/c23-17(20-13-3-2-12-11-25-18(24)16(12)9-13)5-4-14-8-15-10-19-6-1-7-22(15)21-14;/h2-3,8-9,19H,1,4-7,10-11H2,(H,20,23);1H. The molecule has 1 amide bonds. The van der Waals surface area contributed by atoms with Gasteiger partial charge in [-0.25, -0.2) is 4.79 Å². The zero-order valence-electron chi connectivity index (χ0n) is 14.3. The van der Waals surface area contributed by atoms with Crippen molar-refractivity contribution in [1.29, 1.82) is 0 Å². The lowest BCUT2D eigenvalue weighted by Gasteiger charge is -2.05. The molecule has 0 aliphatic carbocycles. The second-order valence-electron chi connectivity index (χ2n) is 6.38. The van der Waals surface area contributed by atoms with Crippen LogP contribution in [-0.4, -0.2) is 28.2 Å². The number of aromatic nitrogens is 2. The molecule has 0 radical (unpaired) electrons. The smallest absolute Gasteiger partial charge is 0.338 e. The van der Waals surface area contributed by atoms with Crippen LogP contribution in [0.2, 0.25) is 0 Å². The number of rotatable bonds is 4. The summed E-state index contributed by atoms with van der Waals surface area (Å²) in [6.45, 7) is 3.06. The molecule has 2 aliphatic heterocycles. The van der Waals surface area contributed by atoms with Gasteiger partial charge in [0.25, 0.3) is 0 Å². The first-order valence-corrected chi connectivity index (χ1v) is 8.55. The van der Waals surface area contributed by atoms with Crippen molar-refractivity contribution in [2.75, 3.05) is 11.9 Å². The number of nitrogens with one attached hydrogen (secondary N) is 2. The predicted molar refractivity (Wildman–Crippen MR) is 98.3 cm³/mol. The molecule has 0 bridgehead atoms. The zero-order valence-corrected chi connectivity index (χ0v) is 15.1. The quantitative estimate of drug-likeness (QED) is 0.797. The molecular formula is C18H21ClN4O3. The monoisotopic (exact) mass is 376 g/mol. The van der Waals surface area contributed by atoms with E-state index in [1.165, 1.54) is 5.69 Å². The Morgan fingerprint density at radius 2 is 2.23 bits per heavy atom. The molecule has 1 aromatic carbocycles. The highest BCUT2D eigenvalue weighted by atomic mass is 35.5. The number of amides is 1. The van der Waals surface area contributed by atoms with E-state index in [2.05, 4.69) is 21.8 Å². The second kappa shape index (κ2) is 7.88. The Labute approximate surface area is 157 Å². The third-order valence-electron chi connectivity index (χ3n) is 4.52. The molecule has 2 aliphatic rings. The zero-order chi connectivity index (χ0) is 17.2. The number of halogens is 1. The highest BCUT2D eigenvalue weighted by Gasteiger charge is 2.21. The van der Waals surface area contributed by atoms with Gasteiger partial charge in [0.05, 0.1) is 17.0 Å². The molecule has 4 rings (SSSR count). The number of cyclic esters (lactones) is 1. The number of carbonyl (C=O) groups excluding carboxylic acids is 2. The van der Waals surface area contributed by atoms with Gasteiger partial charge in [-0.3, -0.25) is 9.48 Å². The van der Waals surface area contributed by atoms with Crippen molar-refractivity contribution < 1.29 is 14.3 Å². The molecule has 2 aromatic rings. The van der Waals surface area contributed by atoms with Crippen LogP contribution in [-0.2, 0) is 35.6 Å². The van der Waals surface area contributed by atoms with Crippen LogP contribution in [0.3, 0.4) is 0 Å². The lowest BCUT2D eigenvalue weighted by molar-refractivity contribution is -0.116. The molecule has 1 aromatic heterocycles. The fraction of sp³-hybridized carbons (Fsp3) is 0.389. The molecular weight excluding hydrogens is 356 g/mol. The van der Waals surface area contributed by atoms with Gasteiger partial charge in [0.2, 0.25) is 5.91 Å². The minimum Gasteiger partial charge on any atom is -0.457 e. The topological polar surface area (TPSA) is 85.3 Å². The van der Waals surface area contributed by atoms with Gasteiger partial charge in [-0.2, -0.15) is 5.10 Å². The van der Waals surface area contributed by atoms with E-state index < -0.39 is 0 Å². The Morgan fingerprint density at radius 1 is 1.35 bits per heavy atom. The van der Waals surface area contributed by atoms with Gasteiger partial charge in [0.1, 0.15) is 6.61 Å². The number of nitrogens with zero attached hydrogens (tertiary/aromatic N) is 2. The van der Waals surface area contributed by atoms with E-state index in [1.807, 2.05) is 10.7 Å². The van der Waals surface area contributed by atoms with E-state index in [0.717, 1.165) is 37.3 Å². The summed E-state index contributed by atoms with van der Waals surface area (Å²) in [7, 11) is 0. The molecule has 26 heavy (non-hydrogen) atoms. The summed E-state index contributed by atoms with van der Waals surface area (Å²) in [5, 5.41) is 10.8. The molecule has 0 atom stereocenters. The highest BCUT2D eigenvalue weighted by molar-refractivity contribution is 5.97. The van der Waals surface area contributed by atoms with Crippen molar-refractivity contribution in [2.45, 2.75) is 39.0 Å². The first-order valence-electron chi connectivity index (χ1n) is 8.55. The number of ether oxygens (including phenoxy) is 1. The second-order valence-corrected chi connectivity index (χ2v) is 6.38. The van der Waals surface area contributed by atoms with Gasteiger partial charge < -0.3 is 15.4 Å². The molecule has 138 valence electrons. The summed E-state index contributed by atoms with van der Waals surface area (Å²) in [5.74, 6) is -0.424. The number of anilines is 1. The van der Waals surface area contributed by atoms with Crippen molar-refractivity contribution in [3.8, 4) is 0 Å². The summed E-state index contributed by atoms with van der Waals surface area (Å²) >= 11 is 0. The summed E-state index contributed by atoms with van der Waals surface area (Å²) in [6, 6.07) is 7.35. The van der Waals surface area contributed by atoms with Gasteiger partial charge >= 0.3 is 5.97 Å². The van der Waals surface area contributed by atoms with E-state index in [0.29, 0.717) is 30.7 Å². The number of carbonyl (C=O) groups is 2. The van der Waals surface area contributed by atoms with Crippen LogP contribution in [0.25, 0.3) is 0 Å². The predicted octanol–water partition coefficient (Wildman–Crippen LogP) is 2.04. The summed E-state index contributed by atoms with van der Waals surface area (Å²) in [5.41, 5.74) is 4.11. The van der Waals surface area contributed by atoms with Crippen LogP contribution in [0.4, 0.5) is 5.69 Å². The SMILES string of the molecule is Cl.O=C(CCc1cc2n(n1)CCCNC2)Nc1ccc2c(c1)C(=O)OC2. The maximum atomic E-state index is 12.2. The molecule has 3 heterocycles. The van der Waals surface area contributed by atoms with Gasteiger partial charge in [-0.05, 0) is 31.2 Å². The Morgan fingerprint density at radius 3 is 3.12 bits per heavy atom. The van der Waals surface area contributed by atoms with Crippen LogP contribution >= 0.6 is 12.4 Å². The molecule has 0 unspecified atom stereocenters. The summed E-state index contributed by atoms with van der Waals surface area (Å²) in [4.78, 5) is 23.8. The third kappa shape index (κ3) is 3.89. The van der Waals surface area contributed by atoms with E-state index in [-0.39, 0.29) is 24.3 Å². The first-order chi connectivity index (χ1) is 12.2. The van der Waals surface area contributed by atoms with Gasteiger partial charge in [-0.1, -0.05) is 6.07 Å². The lowest BCUT2D eigenvalue weighted by Crippen LogP contribution is -2.13. The van der Waals surface area contributed by atoms with Gasteiger partial charge in [-0.15, -0.1) is 12.4 Å². The van der Waals surface area contributed by atoms with Crippen molar-refractivity contribution in [3.05, 3.63) is 46.8 Å². The summed E-state index contributed by atoms with van der Waals surface area (Å²) < 4.78 is 7.00. The van der Waals surface area contributed by atoms with Crippen LogP contribution in [0.5, 0.6) is 0 Å². The summed E-state index contributed by atoms with van der Waals surface area (Å²) in [6.07, 6.45) is 2.01. The molecule has 0 saturated carbocycles. The number of fused-ring (bicyclic) bond motifs is 2. The van der Waals surface area contributed by atoms with Crippen LogP contribution in [0, 0.1) is 0 Å². The average Bonchev–Trinajstić information content (AvgIpc) is 3.10. The van der Waals surface area contributed by atoms with E-state index >= 15 is 0 Å². The van der Waals surface area contributed by atoms with E-state index in [1.54, 1.807) is 12.1 Å². The molecule has 2 N–H and O–H groups in total. The fourth-order valence-electron chi connectivity index (χ4n) is 3.20. The minimum atomic E-state index is -0.334. The number of aryl methyl sites for hydroxylation is 2. The Hall–Kier alpha value is -2.38. The molecule has 0 saturated heterocycles. The number of hydrogen-bond acceptors (Lipinski definition) is 5. The fourth-order valence-corrected chi connectivity index (χ4v) is 3.20. The third-order valence-corrected chi connectivity index (χ3v) is 4.52. The number of benzene rings is 1. The molecule has 0 spiro atoms. The molecule has 0 fully saturated rings. The Balaban J connectivity index is 0.00000196. The molecule has 7 nitrogen and oxygen atoms in total. The lowest BCUT2D eigenvalue weighted by atomic mass is 10.1. The maximum absolute atomic E-state index is 12.2. The van der Waals surface area contributed by atoms with Crippen LogP contribution in [0.1, 0.15) is 40.2 Å². The largest absolute Gasteiger partial charge is 0.457 e. The average molecular weight is 377 g/mol. The number of hydrogen-bond donors (Lipinski definition) is 2. The van der Waals surface area contributed by atoms with Gasteiger partial charge in [0.15, 0.2) is 0 Å². The Kier molecular flexibility index (Phi) is 5.58. The van der Waals surface area contributed by atoms with Crippen molar-refractivity contribution in [2.24, 2.45) is 0 Å². The first kappa shape index (κ1) is 18.4. The van der Waals surface area contributed by atoms with Crippen molar-refractivity contribution in [1.82, 2.24) is 15.1 Å².